The lowest BCUT2D eigenvalue weighted by Crippen LogP contribution is -2.53. The zero-order valence-electron chi connectivity index (χ0n) is 11.4. The van der Waals surface area contributed by atoms with Crippen LogP contribution in [0.1, 0.15) is 15.9 Å². The molecule has 3 rings (SSSR count). The van der Waals surface area contributed by atoms with E-state index in [2.05, 4.69) is 9.88 Å². The van der Waals surface area contributed by atoms with Gasteiger partial charge in [-0.25, -0.2) is 9.78 Å². The molecule has 0 N–H and O–H groups in total. The van der Waals surface area contributed by atoms with Gasteiger partial charge in [0.1, 0.15) is 18.0 Å². The van der Waals surface area contributed by atoms with E-state index < -0.39 is 17.7 Å². The van der Waals surface area contributed by atoms with Crippen LogP contribution in [0.25, 0.3) is 0 Å². The van der Waals surface area contributed by atoms with Gasteiger partial charge in [-0.15, -0.1) is 0 Å². The number of likely N-dealkylation sites (N-methyl/N-ethyl adjacent to an activating group) is 1. The molecule has 0 aromatic carbocycles. The number of nitrogens with zero attached hydrogens (tertiary/aromatic N) is 3. The number of carbonyl (C=O) groups excluding carboxylic acids is 1. The highest BCUT2D eigenvalue weighted by atomic mass is 19.4. The first-order chi connectivity index (χ1) is 9.86. The van der Waals surface area contributed by atoms with Crippen molar-refractivity contribution >= 4 is 11.8 Å². The van der Waals surface area contributed by atoms with Gasteiger partial charge in [0.15, 0.2) is 0 Å². The molecule has 1 atom stereocenters. The summed E-state index contributed by atoms with van der Waals surface area (Å²) in [5, 5.41) is 0. The number of hydrogen-bond acceptors (Lipinski definition) is 5. The highest BCUT2D eigenvalue weighted by Gasteiger charge is 2.37. The monoisotopic (exact) mass is 301 g/mol. The van der Waals surface area contributed by atoms with E-state index in [9.17, 15) is 18.0 Å². The molecular formula is C13H14F3N3O2. The number of esters is 1. The summed E-state index contributed by atoms with van der Waals surface area (Å²) in [6.45, 7) is 2.19. The molecule has 0 amide bonds. The van der Waals surface area contributed by atoms with E-state index in [0.717, 1.165) is 18.8 Å². The van der Waals surface area contributed by atoms with Gasteiger partial charge in [0.2, 0.25) is 0 Å². The number of carbonyl (C=O) groups is 1. The van der Waals surface area contributed by atoms with E-state index >= 15 is 0 Å². The maximum atomic E-state index is 12.8. The molecule has 8 heteroatoms. The molecule has 1 fully saturated rings. The van der Waals surface area contributed by atoms with Crippen LogP contribution in [0.3, 0.4) is 0 Å². The number of alkyl halides is 3. The average Bonchev–Trinajstić information content (AvgIpc) is 2.55. The Kier molecular flexibility index (Phi) is 3.27. The molecular weight excluding hydrogens is 287 g/mol. The molecule has 0 unspecified atom stereocenters. The molecule has 0 aliphatic carbocycles. The van der Waals surface area contributed by atoms with Gasteiger partial charge in [-0.05, 0) is 13.1 Å². The fraction of sp³-hybridized carbons (Fsp3) is 0.538. The number of anilines is 1. The smallest absolute Gasteiger partial charge is 0.417 e. The van der Waals surface area contributed by atoms with Gasteiger partial charge in [-0.1, -0.05) is 0 Å². The Bertz CT molecular complexity index is 576. The Balaban J connectivity index is 2.04. The Hall–Kier alpha value is -1.83. The third kappa shape index (κ3) is 2.55. The minimum Gasteiger partial charge on any atom is -0.460 e. The number of pyridine rings is 1. The van der Waals surface area contributed by atoms with Crippen LogP contribution >= 0.6 is 0 Å². The molecule has 2 aliphatic rings. The van der Waals surface area contributed by atoms with Gasteiger partial charge in [-0.2, -0.15) is 13.2 Å². The Morgan fingerprint density at radius 3 is 2.86 bits per heavy atom. The molecule has 21 heavy (non-hydrogen) atoms. The van der Waals surface area contributed by atoms with Gasteiger partial charge in [0.05, 0.1) is 11.6 Å². The maximum absolute atomic E-state index is 12.8. The summed E-state index contributed by atoms with van der Waals surface area (Å²) >= 11 is 0. The van der Waals surface area contributed by atoms with Crippen molar-refractivity contribution in [3.63, 3.8) is 0 Å². The van der Waals surface area contributed by atoms with Gasteiger partial charge in [0, 0.05) is 25.8 Å². The summed E-state index contributed by atoms with van der Waals surface area (Å²) in [4.78, 5) is 19.8. The molecule has 0 bridgehead atoms. The number of hydrogen-bond donors (Lipinski definition) is 0. The number of ether oxygens (including phenoxy) is 1. The first kappa shape index (κ1) is 14.1. The summed E-state index contributed by atoms with van der Waals surface area (Å²) in [6, 6.07) is 0.740. The van der Waals surface area contributed by atoms with Gasteiger partial charge in [-0.3, -0.25) is 0 Å². The van der Waals surface area contributed by atoms with E-state index in [0.29, 0.717) is 13.1 Å². The van der Waals surface area contributed by atoms with Crippen molar-refractivity contribution in [3.05, 3.63) is 23.4 Å². The minimum absolute atomic E-state index is 0.0850. The summed E-state index contributed by atoms with van der Waals surface area (Å²) in [6.07, 6.45) is -3.76. The molecule has 0 spiro atoms. The first-order valence-corrected chi connectivity index (χ1v) is 6.56. The lowest BCUT2D eigenvalue weighted by Gasteiger charge is -2.39. The molecule has 1 aromatic heterocycles. The Morgan fingerprint density at radius 1 is 1.38 bits per heavy atom. The number of piperazine rings is 1. The second-order valence-corrected chi connectivity index (χ2v) is 5.30. The zero-order valence-corrected chi connectivity index (χ0v) is 11.4. The highest BCUT2D eigenvalue weighted by Crippen LogP contribution is 2.33. The van der Waals surface area contributed by atoms with Crippen LogP contribution in [-0.2, 0) is 10.9 Å². The summed E-state index contributed by atoms with van der Waals surface area (Å²) in [7, 11) is 1.95. The number of halogens is 3. The number of fused-ring (bicyclic) bond motifs is 3. The summed E-state index contributed by atoms with van der Waals surface area (Å²) < 4.78 is 43.4. The van der Waals surface area contributed by atoms with Crippen molar-refractivity contribution in [1.29, 1.82) is 0 Å². The van der Waals surface area contributed by atoms with Crippen LogP contribution < -0.4 is 4.90 Å². The third-order valence-corrected chi connectivity index (χ3v) is 3.78. The second kappa shape index (κ2) is 4.87. The fourth-order valence-corrected chi connectivity index (χ4v) is 2.67. The number of rotatable bonds is 0. The van der Waals surface area contributed by atoms with Crippen molar-refractivity contribution in [2.75, 3.05) is 38.2 Å². The van der Waals surface area contributed by atoms with E-state index in [4.69, 9.17) is 4.74 Å². The third-order valence-electron chi connectivity index (χ3n) is 3.78. The molecule has 5 nitrogen and oxygen atoms in total. The van der Waals surface area contributed by atoms with Gasteiger partial charge in [0.25, 0.3) is 0 Å². The molecule has 1 saturated heterocycles. The predicted octanol–water partition coefficient (Wildman–Crippen LogP) is 1.39. The van der Waals surface area contributed by atoms with Crippen LogP contribution in [0.4, 0.5) is 19.0 Å². The van der Waals surface area contributed by atoms with Crippen LogP contribution in [0, 0.1) is 0 Å². The van der Waals surface area contributed by atoms with E-state index in [1.54, 1.807) is 0 Å². The van der Waals surface area contributed by atoms with Crippen molar-refractivity contribution < 1.29 is 22.7 Å². The predicted molar refractivity (Wildman–Crippen MR) is 68.2 cm³/mol. The number of cyclic esters (lactones) is 1. The van der Waals surface area contributed by atoms with Crippen LogP contribution in [-0.4, -0.2) is 55.2 Å². The zero-order chi connectivity index (χ0) is 15.2. The second-order valence-electron chi connectivity index (χ2n) is 5.30. The molecule has 1 aromatic rings. The molecule has 114 valence electrons. The van der Waals surface area contributed by atoms with Crippen LogP contribution in [0.5, 0.6) is 0 Å². The lowest BCUT2D eigenvalue weighted by atomic mass is 10.1. The van der Waals surface area contributed by atoms with Gasteiger partial charge < -0.3 is 14.5 Å². The standard InChI is InChI=1S/C13H14F3N3O2/c1-18-2-3-19-9(6-18)7-21-12(20)10-4-8(13(14,15)16)5-17-11(10)19/h4-5,9H,2-3,6-7H2,1H3/t9-/m1/s1. The van der Waals surface area contributed by atoms with Crippen molar-refractivity contribution in [3.8, 4) is 0 Å². The number of aromatic nitrogens is 1. The quantitative estimate of drug-likeness (QED) is 0.678. The van der Waals surface area contributed by atoms with Crippen molar-refractivity contribution in [2.24, 2.45) is 0 Å². The summed E-state index contributed by atoms with van der Waals surface area (Å²) in [5.74, 6) is -0.468. The van der Waals surface area contributed by atoms with Crippen molar-refractivity contribution in [2.45, 2.75) is 12.2 Å². The first-order valence-electron chi connectivity index (χ1n) is 6.56. The SMILES string of the molecule is CN1CCN2c3ncc(C(F)(F)F)cc3C(=O)OC[C@H]2C1. The minimum atomic E-state index is -4.53. The average molecular weight is 301 g/mol. The normalized spacial score (nSPS) is 23.1. The van der Waals surface area contributed by atoms with E-state index in [1.165, 1.54) is 0 Å². The molecule has 2 aliphatic heterocycles. The van der Waals surface area contributed by atoms with E-state index in [-0.39, 0.29) is 24.0 Å². The molecule has 0 saturated carbocycles. The maximum Gasteiger partial charge on any atom is 0.417 e. The van der Waals surface area contributed by atoms with Gasteiger partial charge >= 0.3 is 12.1 Å². The molecule has 0 radical (unpaired) electrons. The fourth-order valence-electron chi connectivity index (χ4n) is 2.67. The molecule has 3 heterocycles. The lowest BCUT2D eigenvalue weighted by molar-refractivity contribution is -0.137. The van der Waals surface area contributed by atoms with Crippen LogP contribution in [0.15, 0.2) is 12.3 Å². The Labute approximate surface area is 119 Å². The van der Waals surface area contributed by atoms with Crippen molar-refractivity contribution in [1.82, 2.24) is 9.88 Å². The van der Waals surface area contributed by atoms with E-state index in [1.807, 2.05) is 11.9 Å². The summed E-state index contributed by atoms with van der Waals surface area (Å²) in [5.41, 5.74) is -1.05. The Morgan fingerprint density at radius 2 is 2.14 bits per heavy atom. The highest BCUT2D eigenvalue weighted by molar-refractivity contribution is 5.95. The largest absolute Gasteiger partial charge is 0.460 e. The topological polar surface area (TPSA) is 45.7 Å². The van der Waals surface area contributed by atoms with Crippen LogP contribution in [0.2, 0.25) is 0 Å².